The molecule has 2 unspecified atom stereocenters. The van der Waals surface area contributed by atoms with Crippen LogP contribution in [0.5, 0.6) is 0 Å². The molecule has 1 aliphatic heterocycles. The number of nitrogen functional groups attached to an aromatic ring is 1. The number of carbonyl (C=O) groups excluding carboxylic acids is 3. The number of thioether (sulfide) groups is 1. The summed E-state index contributed by atoms with van der Waals surface area (Å²) in [6.45, 7) is 2.66. The molecule has 3 heterocycles. The van der Waals surface area contributed by atoms with Crippen LogP contribution in [0.2, 0.25) is 0 Å². The van der Waals surface area contributed by atoms with Gasteiger partial charge in [-0.1, -0.05) is 88.3 Å². The Balaban J connectivity index is 1.31. The number of carbonyl (C=O) groups is 3. The summed E-state index contributed by atoms with van der Waals surface area (Å²) in [4.78, 5) is 88.3. The summed E-state index contributed by atoms with van der Waals surface area (Å²) >= 11 is 1.14. The standard InChI is InChI=1S/C39H64N7O17P3S/c1-4-5-6-7-8-9-10-11-12-13-14-15-16-17-18-19-30(48)67-23-22-41-29(47)20-21-42-37(51)34(50)39(2,3)25-60-66(57,58)63-65(55,56)59-24-28-33(62-64(52,53)54)32(49)38(61-28)46-27-45-31-35(40)43-26-44-36(31)46/h5-6,8-9,11-12,26-28,32-34,38,49-50H,4,7,10,13-25H2,1-3H3,(H,41,47)(H,42,51)(H,55,56)(H,57,58)(H2,40,43,44)(H2,52,53,54)/t28-,32-,33-,34+,38-/m1/s1. The van der Waals surface area contributed by atoms with E-state index in [4.69, 9.17) is 19.5 Å². The lowest BCUT2D eigenvalue weighted by Crippen LogP contribution is -2.46. The van der Waals surface area contributed by atoms with Crippen molar-refractivity contribution in [2.24, 2.45) is 5.41 Å². The highest BCUT2D eigenvalue weighted by Crippen LogP contribution is 2.61. The van der Waals surface area contributed by atoms with E-state index in [-0.39, 0.29) is 41.6 Å². The molecule has 0 aromatic carbocycles. The van der Waals surface area contributed by atoms with Gasteiger partial charge in [-0.2, -0.15) is 4.31 Å². The quantitative estimate of drug-likeness (QED) is 0.0281. The molecule has 1 fully saturated rings. The molecule has 0 spiro atoms. The van der Waals surface area contributed by atoms with Gasteiger partial charge in [0.2, 0.25) is 11.8 Å². The molecule has 3 rings (SSSR count). The van der Waals surface area contributed by atoms with E-state index >= 15 is 0 Å². The summed E-state index contributed by atoms with van der Waals surface area (Å²) in [6.07, 6.45) is 15.7. The van der Waals surface area contributed by atoms with Gasteiger partial charge in [-0.3, -0.25) is 32.5 Å². The number of allylic oxidation sites excluding steroid dienone is 6. The number of rotatable bonds is 32. The molecule has 0 radical (unpaired) electrons. The first-order valence-electron chi connectivity index (χ1n) is 21.6. The number of anilines is 1. The third kappa shape index (κ3) is 21.5. The molecule has 0 aliphatic carbocycles. The zero-order valence-corrected chi connectivity index (χ0v) is 41.1. The largest absolute Gasteiger partial charge is 0.481 e. The van der Waals surface area contributed by atoms with Crippen molar-refractivity contribution in [2.75, 3.05) is 37.8 Å². The van der Waals surface area contributed by atoms with Crippen molar-refractivity contribution in [1.82, 2.24) is 30.2 Å². The number of imidazole rings is 1. The number of hydrogen-bond donors (Lipinski definition) is 9. The van der Waals surface area contributed by atoms with Crippen LogP contribution in [0.3, 0.4) is 0 Å². The smallest absolute Gasteiger partial charge is 0.386 e. The molecule has 24 nitrogen and oxygen atoms in total. The summed E-state index contributed by atoms with van der Waals surface area (Å²) in [6, 6.07) is 0. The van der Waals surface area contributed by atoms with Crippen LogP contribution in [0.1, 0.15) is 97.6 Å². The highest BCUT2D eigenvalue weighted by Gasteiger charge is 2.50. The van der Waals surface area contributed by atoms with Crippen LogP contribution < -0.4 is 16.4 Å². The van der Waals surface area contributed by atoms with Gasteiger partial charge in [0.25, 0.3) is 0 Å². The third-order valence-corrected chi connectivity index (χ3v) is 13.8. The van der Waals surface area contributed by atoms with Crippen molar-refractivity contribution in [3.8, 4) is 0 Å². The van der Waals surface area contributed by atoms with Crippen LogP contribution >= 0.6 is 35.2 Å². The molecule has 2 aromatic heterocycles. The van der Waals surface area contributed by atoms with Gasteiger partial charge in [0, 0.05) is 37.1 Å². The molecule has 28 heteroatoms. The van der Waals surface area contributed by atoms with Crippen LogP contribution in [0.4, 0.5) is 5.82 Å². The number of hydrogen-bond acceptors (Lipinski definition) is 18. The maximum atomic E-state index is 12.7. The molecule has 2 amide bonds. The normalized spacial score (nSPS) is 20.4. The minimum atomic E-state index is -5.58. The summed E-state index contributed by atoms with van der Waals surface area (Å²) in [5, 5.41) is 26.6. The first-order valence-corrected chi connectivity index (χ1v) is 27.1. The maximum absolute atomic E-state index is 12.7. The highest BCUT2D eigenvalue weighted by atomic mass is 32.2. The van der Waals surface area contributed by atoms with E-state index in [9.17, 15) is 57.9 Å². The van der Waals surface area contributed by atoms with E-state index < -0.39 is 84.6 Å². The molecule has 2 aromatic rings. The van der Waals surface area contributed by atoms with E-state index in [2.05, 4.69) is 77.8 Å². The van der Waals surface area contributed by atoms with Crippen molar-refractivity contribution >= 4 is 69.1 Å². The average molecular weight is 1030 g/mol. The molecule has 1 aliphatic rings. The predicted molar refractivity (Wildman–Crippen MR) is 246 cm³/mol. The number of nitrogens with one attached hydrogen (secondary N) is 2. The fourth-order valence-corrected chi connectivity index (χ4v) is 9.81. The molecule has 7 atom stereocenters. The van der Waals surface area contributed by atoms with Crippen LogP contribution in [0, 0.1) is 5.41 Å². The number of nitrogens with zero attached hydrogens (tertiary/aromatic N) is 4. The lowest BCUT2D eigenvalue weighted by atomic mass is 9.87. The lowest BCUT2D eigenvalue weighted by Gasteiger charge is -2.30. The summed E-state index contributed by atoms with van der Waals surface area (Å²) in [5.74, 6) is -1.05. The van der Waals surface area contributed by atoms with E-state index in [1.807, 2.05) is 0 Å². The fraction of sp³-hybridized carbons (Fsp3) is 0.641. The van der Waals surface area contributed by atoms with Gasteiger partial charge in [0.1, 0.15) is 36.3 Å². The minimum Gasteiger partial charge on any atom is -0.386 e. The Bertz CT molecular complexity index is 2140. The molecular formula is C39H64N7O17P3S. The number of aliphatic hydroxyl groups excluding tert-OH is 2. The van der Waals surface area contributed by atoms with E-state index in [1.165, 1.54) is 13.8 Å². The fourth-order valence-electron chi connectivity index (χ4n) is 6.26. The lowest BCUT2D eigenvalue weighted by molar-refractivity contribution is -0.137. The first kappa shape index (κ1) is 58.1. The van der Waals surface area contributed by atoms with Gasteiger partial charge in [-0.15, -0.1) is 0 Å². The topological polar surface area (TPSA) is 364 Å². The van der Waals surface area contributed by atoms with E-state index in [1.54, 1.807) is 0 Å². The average Bonchev–Trinajstić information content (AvgIpc) is 3.81. The number of phosphoric acid groups is 3. The van der Waals surface area contributed by atoms with Crippen molar-refractivity contribution in [3.05, 3.63) is 49.1 Å². The monoisotopic (exact) mass is 1030 g/mol. The zero-order chi connectivity index (χ0) is 49.7. The second kappa shape index (κ2) is 28.4. The van der Waals surface area contributed by atoms with Gasteiger partial charge in [0.15, 0.2) is 22.8 Å². The van der Waals surface area contributed by atoms with Crippen molar-refractivity contribution in [1.29, 1.82) is 0 Å². The molecular weight excluding hydrogens is 963 g/mol. The van der Waals surface area contributed by atoms with Gasteiger partial charge in [-0.05, 0) is 38.5 Å². The van der Waals surface area contributed by atoms with Gasteiger partial charge in [-0.25, -0.2) is 28.6 Å². The second-order valence-corrected chi connectivity index (χ2v) is 21.3. The molecule has 0 bridgehead atoms. The van der Waals surface area contributed by atoms with E-state index in [0.29, 0.717) is 12.2 Å². The maximum Gasteiger partial charge on any atom is 0.481 e. The van der Waals surface area contributed by atoms with Gasteiger partial charge in [0.05, 0.1) is 19.5 Å². The second-order valence-electron chi connectivity index (χ2n) is 15.9. The zero-order valence-electron chi connectivity index (χ0n) is 37.6. The van der Waals surface area contributed by atoms with Gasteiger partial charge < -0.3 is 50.9 Å². The van der Waals surface area contributed by atoms with Crippen molar-refractivity contribution in [3.63, 3.8) is 0 Å². The van der Waals surface area contributed by atoms with E-state index in [0.717, 1.165) is 86.8 Å². The number of nitrogens with two attached hydrogens (primary N) is 1. The SMILES string of the molecule is CCC=CCC=CCC=CCCCCCCCC(=O)SCCNC(=O)CCNC(=O)[C@H](O)C(C)(C)COP(=O)(O)OP(=O)(O)OC[C@H]1O[C@@H](n2cnc3c(N)ncnc32)[C@H](O)[C@@H]1OP(=O)(O)O. The molecule has 10 N–H and O–H groups in total. The Morgan fingerprint density at radius 2 is 1.57 bits per heavy atom. The van der Waals surface area contributed by atoms with Crippen LogP contribution in [0.25, 0.3) is 11.2 Å². The van der Waals surface area contributed by atoms with Gasteiger partial charge >= 0.3 is 23.5 Å². The molecule has 378 valence electrons. The number of aliphatic hydroxyl groups is 2. The number of fused-ring (bicyclic) bond motifs is 1. The Hall–Kier alpha value is -3.22. The number of unbranched alkanes of at least 4 members (excludes halogenated alkanes) is 5. The minimum absolute atomic E-state index is 0.0316. The summed E-state index contributed by atoms with van der Waals surface area (Å²) in [5.41, 5.74) is 4.28. The Morgan fingerprint density at radius 1 is 0.910 bits per heavy atom. The number of phosphoric ester groups is 3. The highest BCUT2D eigenvalue weighted by molar-refractivity contribution is 8.13. The predicted octanol–water partition coefficient (Wildman–Crippen LogP) is 4.25. The summed E-state index contributed by atoms with van der Waals surface area (Å²) in [7, 11) is -16.4. The number of amides is 2. The molecule has 67 heavy (non-hydrogen) atoms. The Morgan fingerprint density at radius 3 is 2.27 bits per heavy atom. The first-order chi connectivity index (χ1) is 31.6. The van der Waals surface area contributed by atoms with Crippen molar-refractivity contribution in [2.45, 2.75) is 122 Å². The number of aromatic nitrogens is 4. The molecule has 0 saturated carbocycles. The summed E-state index contributed by atoms with van der Waals surface area (Å²) < 4.78 is 62.4. The third-order valence-electron chi connectivity index (χ3n) is 9.80. The Kier molecular flexibility index (Phi) is 24.7. The van der Waals surface area contributed by atoms with Crippen LogP contribution in [0.15, 0.2) is 49.1 Å². The van der Waals surface area contributed by atoms with Crippen LogP contribution in [-0.4, -0.2) is 123 Å². The number of ether oxygens (including phenoxy) is 1. The molecule has 1 saturated heterocycles. The Labute approximate surface area is 393 Å². The van der Waals surface area contributed by atoms with Crippen molar-refractivity contribution < 1.29 is 80.5 Å². The van der Waals surface area contributed by atoms with Crippen LogP contribution in [-0.2, 0) is 50.7 Å².